The molecular weight excluding hydrogens is 178 g/mol. The van der Waals surface area contributed by atoms with E-state index >= 15 is 0 Å². The third-order valence-corrected chi connectivity index (χ3v) is 2.26. The highest BCUT2D eigenvalue weighted by molar-refractivity contribution is 4.88. The van der Waals surface area contributed by atoms with Gasteiger partial charge < -0.3 is 15.0 Å². The maximum absolute atomic E-state index is 8.81. The smallest absolute Gasteiger partial charge is 0.105 e. The highest BCUT2D eigenvalue weighted by atomic mass is 16.3. The average molecular weight is 197 g/mol. The van der Waals surface area contributed by atoms with Gasteiger partial charge in [-0.1, -0.05) is 6.92 Å². The van der Waals surface area contributed by atoms with Gasteiger partial charge in [-0.05, 0) is 19.4 Å². The van der Waals surface area contributed by atoms with Crippen LogP contribution >= 0.6 is 0 Å². The minimum atomic E-state index is 0.247. The van der Waals surface area contributed by atoms with Gasteiger partial charge in [0, 0.05) is 32.1 Å². The maximum atomic E-state index is 8.81. The monoisotopic (exact) mass is 197 g/mol. The molecule has 0 aliphatic rings. The minimum absolute atomic E-state index is 0.247. The van der Waals surface area contributed by atoms with Crippen LogP contribution in [0.1, 0.15) is 12.7 Å². The number of aromatic nitrogens is 2. The van der Waals surface area contributed by atoms with Crippen LogP contribution in [0, 0.1) is 12.8 Å². The van der Waals surface area contributed by atoms with E-state index in [1.54, 1.807) is 0 Å². The van der Waals surface area contributed by atoms with Gasteiger partial charge in [-0.3, -0.25) is 0 Å². The van der Waals surface area contributed by atoms with Gasteiger partial charge in [-0.2, -0.15) is 0 Å². The molecule has 0 radical (unpaired) electrons. The Bertz CT molecular complexity index is 260. The first-order chi connectivity index (χ1) is 6.74. The molecule has 0 saturated carbocycles. The van der Waals surface area contributed by atoms with Gasteiger partial charge >= 0.3 is 0 Å². The zero-order chi connectivity index (χ0) is 10.4. The number of nitrogens with one attached hydrogen (secondary N) is 1. The highest BCUT2D eigenvalue weighted by Gasteiger charge is 1.99. The molecule has 80 valence electrons. The van der Waals surface area contributed by atoms with E-state index in [-0.39, 0.29) is 6.61 Å². The van der Waals surface area contributed by atoms with E-state index in [9.17, 15) is 0 Å². The SMILES string of the molecule is Cc1nccn1CCNCC(C)CO. The van der Waals surface area contributed by atoms with Crippen LogP contribution in [0.5, 0.6) is 0 Å². The van der Waals surface area contributed by atoms with Crippen LogP contribution in [0.3, 0.4) is 0 Å². The summed E-state index contributed by atoms with van der Waals surface area (Å²) in [5, 5.41) is 12.1. The van der Waals surface area contributed by atoms with E-state index < -0.39 is 0 Å². The average Bonchev–Trinajstić information content (AvgIpc) is 2.58. The molecule has 14 heavy (non-hydrogen) atoms. The summed E-state index contributed by atoms with van der Waals surface area (Å²) >= 11 is 0. The standard InChI is InChI=1S/C10H19N3O/c1-9(8-14)7-11-3-5-13-6-4-12-10(13)2/h4,6,9,11,14H,3,5,7-8H2,1-2H3. The lowest BCUT2D eigenvalue weighted by Crippen LogP contribution is -2.26. The van der Waals surface area contributed by atoms with Crippen LogP contribution in [0.25, 0.3) is 0 Å². The van der Waals surface area contributed by atoms with Crippen LogP contribution in [0.15, 0.2) is 12.4 Å². The predicted octanol–water partition coefficient (Wildman–Crippen LogP) is 0.410. The summed E-state index contributed by atoms with van der Waals surface area (Å²) in [5.74, 6) is 1.38. The number of hydrogen-bond acceptors (Lipinski definition) is 3. The summed E-state index contributed by atoms with van der Waals surface area (Å²) in [5.41, 5.74) is 0. The first-order valence-corrected chi connectivity index (χ1v) is 5.03. The molecule has 2 N–H and O–H groups in total. The topological polar surface area (TPSA) is 50.1 Å². The molecule has 1 heterocycles. The maximum Gasteiger partial charge on any atom is 0.105 e. The number of imidazole rings is 1. The number of rotatable bonds is 6. The molecule has 0 aliphatic heterocycles. The number of nitrogens with zero attached hydrogens (tertiary/aromatic N) is 2. The van der Waals surface area contributed by atoms with Gasteiger partial charge in [0.2, 0.25) is 0 Å². The minimum Gasteiger partial charge on any atom is -0.396 e. The van der Waals surface area contributed by atoms with Crippen LogP contribution in [-0.4, -0.2) is 34.4 Å². The van der Waals surface area contributed by atoms with Crippen molar-refractivity contribution in [2.75, 3.05) is 19.7 Å². The summed E-state index contributed by atoms with van der Waals surface area (Å²) in [6, 6.07) is 0. The van der Waals surface area contributed by atoms with Crippen molar-refractivity contribution in [3.8, 4) is 0 Å². The zero-order valence-electron chi connectivity index (χ0n) is 8.90. The van der Waals surface area contributed by atoms with Crippen molar-refractivity contribution in [1.29, 1.82) is 0 Å². The molecule has 0 amide bonds. The molecule has 4 nitrogen and oxygen atoms in total. The van der Waals surface area contributed by atoms with E-state index in [0.29, 0.717) is 5.92 Å². The molecule has 1 aromatic heterocycles. The molecule has 1 rings (SSSR count). The summed E-state index contributed by atoms with van der Waals surface area (Å²) in [6.45, 7) is 6.98. The van der Waals surface area contributed by atoms with E-state index in [2.05, 4.69) is 14.9 Å². The van der Waals surface area contributed by atoms with Crippen molar-refractivity contribution in [1.82, 2.24) is 14.9 Å². The van der Waals surface area contributed by atoms with Gasteiger partial charge in [0.05, 0.1) is 0 Å². The Kier molecular flexibility index (Phi) is 4.62. The van der Waals surface area contributed by atoms with Crippen LogP contribution in [-0.2, 0) is 6.54 Å². The molecule has 1 aromatic rings. The molecular formula is C10H19N3O. The fraction of sp³-hybridized carbons (Fsp3) is 0.700. The Hall–Kier alpha value is -0.870. The van der Waals surface area contributed by atoms with Crippen molar-refractivity contribution < 1.29 is 5.11 Å². The number of aryl methyl sites for hydroxylation is 1. The van der Waals surface area contributed by atoms with Gasteiger partial charge in [0.1, 0.15) is 5.82 Å². The summed E-state index contributed by atoms with van der Waals surface area (Å²) in [4.78, 5) is 4.14. The third-order valence-electron chi connectivity index (χ3n) is 2.26. The van der Waals surface area contributed by atoms with E-state index in [4.69, 9.17) is 5.11 Å². The Labute approximate surface area is 85.0 Å². The molecule has 1 unspecified atom stereocenters. The molecule has 0 aromatic carbocycles. The van der Waals surface area contributed by atoms with Crippen molar-refractivity contribution in [3.05, 3.63) is 18.2 Å². The molecule has 0 saturated heterocycles. The lowest BCUT2D eigenvalue weighted by molar-refractivity contribution is 0.233. The predicted molar refractivity (Wildman–Crippen MR) is 56.1 cm³/mol. The Morgan fingerprint density at radius 2 is 2.43 bits per heavy atom. The number of hydrogen-bond donors (Lipinski definition) is 2. The largest absolute Gasteiger partial charge is 0.396 e. The van der Waals surface area contributed by atoms with Gasteiger partial charge in [0.15, 0.2) is 0 Å². The van der Waals surface area contributed by atoms with Crippen LogP contribution in [0.2, 0.25) is 0 Å². The molecule has 4 heteroatoms. The first-order valence-electron chi connectivity index (χ1n) is 5.03. The molecule has 0 bridgehead atoms. The van der Waals surface area contributed by atoms with Crippen LogP contribution < -0.4 is 5.32 Å². The third kappa shape index (κ3) is 3.47. The van der Waals surface area contributed by atoms with Crippen molar-refractivity contribution in [3.63, 3.8) is 0 Å². The lowest BCUT2D eigenvalue weighted by atomic mass is 10.2. The molecule has 1 atom stereocenters. The van der Waals surface area contributed by atoms with Crippen LogP contribution in [0.4, 0.5) is 0 Å². The van der Waals surface area contributed by atoms with E-state index in [1.165, 1.54) is 0 Å². The summed E-state index contributed by atoms with van der Waals surface area (Å²) in [7, 11) is 0. The van der Waals surface area contributed by atoms with Gasteiger partial charge in [-0.25, -0.2) is 4.98 Å². The quantitative estimate of drug-likeness (QED) is 0.649. The highest BCUT2D eigenvalue weighted by Crippen LogP contribution is 1.94. The van der Waals surface area contributed by atoms with Gasteiger partial charge in [0.25, 0.3) is 0 Å². The molecule has 0 aliphatic carbocycles. The number of aliphatic hydroxyl groups excluding tert-OH is 1. The summed E-state index contributed by atoms with van der Waals surface area (Å²) < 4.78 is 2.11. The lowest BCUT2D eigenvalue weighted by Gasteiger charge is -2.10. The van der Waals surface area contributed by atoms with E-state index in [0.717, 1.165) is 25.5 Å². The summed E-state index contributed by atoms with van der Waals surface area (Å²) in [6.07, 6.45) is 3.79. The Morgan fingerprint density at radius 3 is 3.00 bits per heavy atom. The second-order valence-electron chi connectivity index (χ2n) is 3.66. The number of aliphatic hydroxyl groups is 1. The Balaban J connectivity index is 2.13. The molecule has 0 spiro atoms. The fourth-order valence-electron chi connectivity index (χ4n) is 1.25. The van der Waals surface area contributed by atoms with Crippen molar-refractivity contribution in [2.24, 2.45) is 5.92 Å². The van der Waals surface area contributed by atoms with E-state index in [1.807, 2.05) is 26.2 Å². The normalized spacial score (nSPS) is 13.1. The zero-order valence-corrected chi connectivity index (χ0v) is 8.90. The second-order valence-corrected chi connectivity index (χ2v) is 3.66. The Morgan fingerprint density at radius 1 is 1.64 bits per heavy atom. The van der Waals surface area contributed by atoms with Crippen molar-refractivity contribution in [2.45, 2.75) is 20.4 Å². The molecule has 0 fully saturated rings. The first kappa shape index (κ1) is 11.2. The fourth-order valence-corrected chi connectivity index (χ4v) is 1.25. The second kappa shape index (κ2) is 5.78. The van der Waals surface area contributed by atoms with Crippen molar-refractivity contribution >= 4 is 0 Å². The van der Waals surface area contributed by atoms with Gasteiger partial charge in [-0.15, -0.1) is 0 Å².